The Balaban J connectivity index is 2.10. The summed E-state index contributed by atoms with van der Waals surface area (Å²) in [6.45, 7) is 9.81. The molecular formula is C19H24O8. The fourth-order valence-electron chi connectivity index (χ4n) is 3.91. The first-order valence-electron chi connectivity index (χ1n) is 8.69. The van der Waals surface area contributed by atoms with E-state index in [1.54, 1.807) is 6.92 Å². The minimum atomic E-state index is -1.92. The molecule has 8 nitrogen and oxygen atoms in total. The van der Waals surface area contributed by atoms with Crippen LogP contribution in [-0.4, -0.2) is 63.6 Å². The van der Waals surface area contributed by atoms with Crippen LogP contribution in [0.4, 0.5) is 0 Å². The average molecular weight is 380 g/mol. The molecule has 3 aliphatic rings. The van der Waals surface area contributed by atoms with Gasteiger partial charge in [-0.2, -0.15) is 0 Å². The van der Waals surface area contributed by atoms with E-state index in [4.69, 9.17) is 14.2 Å². The Hall–Kier alpha value is -2.00. The summed E-state index contributed by atoms with van der Waals surface area (Å²) in [5.41, 5.74) is -0.946. The summed E-state index contributed by atoms with van der Waals surface area (Å²) in [6, 6.07) is 0. The summed E-state index contributed by atoms with van der Waals surface area (Å²) >= 11 is 0. The number of rotatable bonds is 3. The first kappa shape index (κ1) is 19.8. The number of carbonyl (C=O) groups is 2. The summed E-state index contributed by atoms with van der Waals surface area (Å²) in [6.07, 6.45) is -1.72. The molecule has 6 unspecified atom stereocenters. The maximum atomic E-state index is 12.2. The lowest BCUT2D eigenvalue weighted by molar-refractivity contribution is -0.211. The molecule has 2 saturated heterocycles. The Morgan fingerprint density at radius 2 is 2.11 bits per heavy atom. The molecule has 0 aliphatic carbocycles. The highest BCUT2D eigenvalue weighted by Gasteiger charge is 2.58. The number of ether oxygens (including phenoxy) is 3. The number of fused-ring (bicyclic) bond motifs is 3. The Labute approximate surface area is 156 Å². The van der Waals surface area contributed by atoms with E-state index in [0.717, 1.165) is 0 Å². The molecule has 2 bridgehead atoms. The normalized spacial score (nSPS) is 41.0. The summed E-state index contributed by atoms with van der Waals surface area (Å²) in [5.74, 6) is -3.99. The van der Waals surface area contributed by atoms with Crippen molar-refractivity contribution in [2.24, 2.45) is 5.92 Å². The molecule has 8 heteroatoms. The highest BCUT2D eigenvalue weighted by Crippen LogP contribution is 2.48. The first-order chi connectivity index (χ1) is 12.5. The molecule has 3 rings (SSSR count). The van der Waals surface area contributed by atoms with Crippen LogP contribution in [-0.2, 0) is 23.8 Å². The minimum Gasteiger partial charge on any atom is -0.458 e. The maximum Gasteiger partial charge on any atom is 0.334 e. The number of hydrogen-bond donors (Lipinski definition) is 3. The van der Waals surface area contributed by atoms with Crippen molar-refractivity contribution >= 4 is 11.9 Å². The number of carbonyl (C=O) groups excluding carboxylic acids is 2. The molecule has 0 spiro atoms. The van der Waals surface area contributed by atoms with Gasteiger partial charge in [0.2, 0.25) is 0 Å². The molecule has 0 radical (unpaired) electrons. The van der Waals surface area contributed by atoms with Crippen LogP contribution in [0.15, 0.2) is 36.0 Å². The number of aliphatic hydroxyl groups is 3. The van der Waals surface area contributed by atoms with Crippen LogP contribution in [0.5, 0.6) is 0 Å². The third kappa shape index (κ3) is 3.23. The van der Waals surface area contributed by atoms with Gasteiger partial charge in [0.15, 0.2) is 5.79 Å². The van der Waals surface area contributed by atoms with Crippen LogP contribution in [0.1, 0.15) is 26.7 Å². The Bertz CT molecular complexity index is 740. The Kier molecular flexibility index (Phi) is 4.80. The molecule has 3 N–H and O–H groups in total. The Morgan fingerprint density at radius 3 is 2.70 bits per heavy atom. The Morgan fingerprint density at radius 1 is 1.44 bits per heavy atom. The monoisotopic (exact) mass is 380 g/mol. The van der Waals surface area contributed by atoms with Gasteiger partial charge in [-0.15, -0.1) is 0 Å². The van der Waals surface area contributed by atoms with Crippen LogP contribution in [0.3, 0.4) is 0 Å². The SMILES string of the molecule is C=C(C)C(=O)OC1CC2(C)OC(O)(CC2O)C(CO)=CC2OC(=O)C(=C)C21. The van der Waals surface area contributed by atoms with Gasteiger partial charge >= 0.3 is 11.9 Å². The van der Waals surface area contributed by atoms with E-state index < -0.39 is 54.2 Å². The zero-order valence-corrected chi connectivity index (χ0v) is 15.3. The predicted molar refractivity (Wildman–Crippen MR) is 92.1 cm³/mol. The van der Waals surface area contributed by atoms with Crippen LogP contribution in [0, 0.1) is 5.92 Å². The topological polar surface area (TPSA) is 123 Å². The van der Waals surface area contributed by atoms with Crippen molar-refractivity contribution in [2.75, 3.05) is 6.61 Å². The zero-order valence-electron chi connectivity index (χ0n) is 15.3. The summed E-state index contributed by atoms with van der Waals surface area (Å²) < 4.78 is 16.6. The molecule has 2 fully saturated rings. The van der Waals surface area contributed by atoms with Crippen molar-refractivity contribution in [3.63, 3.8) is 0 Å². The van der Waals surface area contributed by atoms with Gasteiger partial charge in [-0.25, -0.2) is 9.59 Å². The van der Waals surface area contributed by atoms with Gasteiger partial charge < -0.3 is 29.5 Å². The fraction of sp³-hybridized carbons (Fsp3) is 0.579. The summed E-state index contributed by atoms with van der Waals surface area (Å²) in [7, 11) is 0. The fourth-order valence-corrected chi connectivity index (χ4v) is 3.91. The summed E-state index contributed by atoms with van der Waals surface area (Å²) in [5, 5.41) is 31.1. The van der Waals surface area contributed by atoms with E-state index in [1.165, 1.54) is 13.0 Å². The van der Waals surface area contributed by atoms with E-state index in [-0.39, 0.29) is 29.6 Å². The van der Waals surface area contributed by atoms with Crippen molar-refractivity contribution < 1.29 is 39.1 Å². The zero-order chi connectivity index (χ0) is 20.1. The third-order valence-corrected chi connectivity index (χ3v) is 5.49. The van der Waals surface area contributed by atoms with Crippen LogP contribution >= 0.6 is 0 Å². The maximum absolute atomic E-state index is 12.2. The van der Waals surface area contributed by atoms with Gasteiger partial charge in [0, 0.05) is 29.6 Å². The second-order valence-corrected chi connectivity index (χ2v) is 7.62. The van der Waals surface area contributed by atoms with E-state index in [2.05, 4.69) is 13.2 Å². The van der Waals surface area contributed by atoms with Crippen molar-refractivity contribution in [1.82, 2.24) is 0 Å². The molecule has 0 aromatic carbocycles. The second kappa shape index (κ2) is 6.56. The highest BCUT2D eigenvalue weighted by molar-refractivity contribution is 5.91. The molecule has 0 aromatic heterocycles. The highest BCUT2D eigenvalue weighted by atomic mass is 16.7. The van der Waals surface area contributed by atoms with Crippen molar-refractivity contribution in [2.45, 2.75) is 56.4 Å². The quantitative estimate of drug-likeness (QED) is 0.359. The molecule has 148 valence electrons. The number of hydrogen-bond acceptors (Lipinski definition) is 8. The van der Waals surface area contributed by atoms with Gasteiger partial charge in [-0.1, -0.05) is 13.2 Å². The van der Waals surface area contributed by atoms with Crippen LogP contribution < -0.4 is 0 Å². The van der Waals surface area contributed by atoms with Crippen molar-refractivity contribution in [3.05, 3.63) is 36.0 Å². The molecule has 0 aromatic rings. The molecule has 6 atom stereocenters. The van der Waals surface area contributed by atoms with Gasteiger partial charge in [0.25, 0.3) is 0 Å². The standard InChI is InChI=1S/C19H24O8/c1-9(2)16(22)26-13-6-18(4)14(21)7-19(24,27-18)11(8-20)5-12-15(13)10(3)17(23)25-12/h5,12-15,20-21,24H,1,3,6-8H2,2,4H3. The van der Waals surface area contributed by atoms with Gasteiger partial charge in [0.05, 0.1) is 24.2 Å². The molecule has 27 heavy (non-hydrogen) atoms. The van der Waals surface area contributed by atoms with Crippen molar-refractivity contribution in [1.29, 1.82) is 0 Å². The van der Waals surface area contributed by atoms with Gasteiger partial charge in [-0.3, -0.25) is 0 Å². The largest absolute Gasteiger partial charge is 0.458 e. The molecule has 0 amide bonds. The van der Waals surface area contributed by atoms with E-state index >= 15 is 0 Å². The minimum absolute atomic E-state index is 0.0150. The van der Waals surface area contributed by atoms with E-state index in [0.29, 0.717) is 0 Å². The lowest BCUT2D eigenvalue weighted by Gasteiger charge is -2.34. The van der Waals surface area contributed by atoms with Gasteiger partial charge in [-0.05, 0) is 19.9 Å². The van der Waals surface area contributed by atoms with Crippen molar-refractivity contribution in [3.8, 4) is 0 Å². The lowest BCUT2D eigenvalue weighted by Crippen LogP contribution is -2.44. The number of aliphatic hydroxyl groups excluding tert-OH is 2. The lowest BCUT2D eigenvalue weighted by atomic mass is 9.80. The molecular weight excluding hydrogens is 356 g/mol. The number of esters is 2. The molecule has 3 aliphatic heterocycles. The van der Waals surface area contributed by atoms with E-state index in [1.807, 2.05) is 0 Å². The molecule has 3 heterocycles. The van der Waals surface area contributed by atoms with Crippen LogP contribution in [0.2, 0.25) is 0 Å². The average Bonchev–Trinajstić information content (AvgIpc) is 2.98. The summed E-state index contributed by atoms with van der Waals surface area (Å²) in [4.78, 5) is 24.3. The first-order valence-corrected chi connectivity index (χ1v) is 8.69. The third-order valence-electron chi connectivity index (χ3n) is 5.49. The van der Waals surface area contributed by atoms with Crippen LogP contribution in [0.25, 0.3) is 0 Å². The molecule has 0 saturated carbocycles. The predicted octanol–water partition coefficient (Wildman–Crippen LogP) is 0.123. The van der Waals surface area contributed by atoms with E-state index in [9.17, 15) is 24.9 Å². The smallest absolute Gasteiger partial charge is 0.334 e. The van der Waals surface area contributed by atoms with Gasteiger partial charge in [0.1, 0.15) is 12.2 Å². The second-order valence-electron chi connectivity index (χ2n) is 7.62.